The second-order valence-corrected chi connectivity index (χ2v) is 6.23. The number of aromatic amines is 1. The van der Waals surface area contributed by atoms with Crippen LogP contribution in [0.2, 0.25) is 0 Å². The van der Waals surface area contributed by atoms with Crippen molar-refractivity contribution in [2.24, 2.45) is 0 Å². The average molecular weight is 302 g/mol. The number of hydrogen-bond acceptors (Lipinski definition) is 2. The van der Waals surface area contributed by atoms with Crippen LogP contribution in [0.5, 0.6) is 5.75 Å². The van der Waals surface area contributed by atoms with E-state index in [0.29, 0.717) is 12.1 Å². The first-order valence-corrected chi connectivity index (χ1v) is 8.50. The van der Waals surface area contributed by atoms with Gasteiger partial charge in [-0.1, -0.05) is 13.8 Å². The van der Waals surface area contributed by atoms with Gasteiger partial charge in [-0.3, -0.25) is 4.90 Å². The number of nitrogens with zero attached hydrogens (tertiary/aromatic N) is 1. The van der Waals surface area contributed by atoms with Crippen molar-refractivity contribution in [1.29, 1.82) is 0 Å². The molecule has 0 aliphatic rings. The molecule has 0 radical (unpaired) electrons. The summed E-state index contributed by atoms with van der Waals surface area (Å²) in [6.45, 7) is 10.3. The minimum Gasteiger partial charge on any atom is -0.497 e. The number of H-pyrrole nitrogens is 1. The lowest BCUT2D eigenvalue weighted by Gasteiger charge is -2.33. The number of ether oxygens (including phenoxy) is 1. The molecular weight excluding hydrogens is 272 g/mol. The van der Waals surface area contributed by atoms with Gasteiger partial charge >= 0.3 is 0 Å². The normalized spacial score (nSPS) is 14.5. The van der Waals surface area contributed by atoms with Gasteiger partial charge in [0.25, 0.3) is 0 Å². The van der Waals surface area contributed by atoms with Crippen molar-refractivity contribution in [3.63, 3.8) is 0 Å². The maximum Gasteiger partial charge on any atom is 0.119 e. The van der Waals surface area contributed by atoms with Gasteiger partial charge in [0.1, 0.15) is 5.75 Å². The summed E-state index contributed by atoms with van der Waals surface area (Å²) >= 11 is 0. The first-order valence-electron chi connectivity index (χ1n) is 8.50. The molecule has 0 saturated heterocycles. The predicted molar refractivity (Wildman–Crippen MR) is 94.8 cm³/mol. The highest BCUT2D eigenvalue weighted by Gasteiger charge is 2.18. The van der Waals surface area contributed by atoms with Crippen LogP contribution in [0.3, 0.4) is 0 Å². The lowest BCUT2D eigenvalue weighted by Crippen LogP contribution is -2.41. The molecular formula is C19H30N2O. The maximum absolute atomic E-state index is 5.36. The molecule has 0 aliphatic carbocycles. The van der Waals surface area contributed by atoms with E-state index in [0.717, 1.165) is 18.7 Å². The standard InChI is InChI=1S/C19H30N2O/c1-6-14(3)21(15(4)7-2)11-10-16-13-20-19-9-8-17(22-5)12-18(16)19/h8-9,12-15,20H,6-7,10-11H2,1-5H3. The highest BCUT2D eigenvalue weighted by molar-refractivity contribution is 5.84. The lowest BCUT2D eigenvalue weighted by atomic mass is 10.1. The third-order valence-corrected chi connectivity index (χ3v) is 4.93. The van der Waals surface area contributed by atoms with Crippen molar-refractivity contribution in [2.45, 2.75) is 59.0 Å². The Morgan fingerprint density at radius 1 is 1.14 bits per heavy atom. The fraction of sp³-hybridized carbons (Fsp3) is 0.579. The highest BCUT2D eigenvalue weighted by atomic mass is 16.5. The van der Waals surface area contributed by atoms with E-state index < -0.39 is 0 Å². The Kier molecular flexibility index (Phi) is 5.90. The molecule has 3 nitrogen and oxygen atoms in total. The summed E-state index contributed by atoms with van der Waals surface area (Å²) in [5.41, 5.74) is 2.57. The van der Waals surface area contributed by atoms with Crippen molar-refractivity contribution in [2.75, 3.05) is 13.7 Å². The van der Waals surface area contributed by atoms with Crippen molar-refractivity contribution in [3.05, 3.63) is 30.0 Å². The molecule has 2 unspecified atom stereocenters. The first kappa shape index (κ1) is 16.9. The SMILES string of the molecule is CCC(C)N(CCc1c[nH]c2ccc(OC)cc12)C(C)CC. The minimum atomic E-state index is 0.634. The van der Waals surface area contributed by atoms with Crippen molar-refractivity contribution >= 4 is 10.9 Å². The predicted octanol–water partition coefficient (Wildman–Crippen LogP) is 4.62. The van der Waals surface area contributed by atoms with Gasteiger partial charge in [0.2, 0.25) is 0 Å². The molecule has 2 aromatic rings. The molecule has 0 saturated carbocycles. The smallest absolute Gasteiger partial charge is 0.119 e. The van der Waals surface area contributed by atoms with E-state index in [2.05, 4.69) is 55.9 Å². The third kappa shape index (κ3) is 3.64. The maximum atomic E-state index is 5.36. The molecule has 2 atom stereocenters. The zero-order chi connectivity index (χ0) is 16.1. The Balaban J connectivity index is 2.15. The molecule has 0 bridgehead atoms. The van der Waals surface area contributed by atoms with E-state index in [4.69, 9.17) is 4.74 Å². The topological polar surface area (TPSA) is 28.3 Å². The minimum absolute atomic E-state index is 0.634. The number of fused-ring (bicyclic) bond motifs is 1. The number of hydrogen-bond donors (Lipinski definition) is 1. The van der Waals surface area contributed by atoms with Crippen LogP contribution in [0.1, 0.15) is 46.1 Å². The summed E-state index contributed by atoms with van der Waals surface area (Å²) in [5, 5.41) is 1.28. The number of aromatic nitrogens is 1. The molecule has 1 N–H and O–H groups in total. The van der Waals surface area contributed by atoms with Gasteiger partial charge in [-0.15, -0.1) is 0 Å². The van der Waals surface area contributed by atoms with E-state index in [1.54, 1.807) is 7.11 Å². The van der Waals surface area contributed by atoms with Crippen LogP contribution in [0, 0.1) is 0 Å². The summed E-state index contributed by atoms with van der Waals surface area (Å²) in [7, 11) is 1.72. The zero-order valence-corrected chi connectivity index (χ0v) is 14.6. The van der Waals surface area contributed by atoms with E-state index in [1.165, 1.54) is 29.3 Å². The van der Waals surface area contributed by atoms with E-state index in [9.17, 15) is 0 Å². The van der Waals surface area contributed by atoms with Crippen LogP contribution in [0.25, 0.3) is 10.9 Å². The quantitative estimate of drug-likeness (QED) is 0.771. The van der Waals surface area contributed by atoms with Gasteiger partial charge < -0.3 is 9.72 Å². The van der Waals surface area contributed by atoms with Crippen LogP contribution in [0.15, 0.2) is 24.4 Å². The Hall–Kier alpha value is -1.48. The van der Waals surface area contributed by atoms with Crippen molar-refractivity contribution in [1.82, 2.24) is 9.88 Å². The van der Waals surface area contributed by atoms with Gasteiger partial charge in [0.15, 0.2) is 0 Å². The lowest BCUT2D eigenvalue weighted by molar-refractivity contribution is 0.148. The Bertz CT molecular complexity index is 580. The van der Waals surface area contributed by atoms with Crippen molar-refractivity contribution < 1.29 is 4.74 Å². The molecule has 0 spiro atoms. The Labute approximate surface area is 134 Å². The fourth-order valence-electron chi connectivity index (χ4n) is 3.09. The molecule has 1 heterocycles. The molecule has 0 fully saturated rings. The molecule has 0 amide bonds. The summed E-state index contributed by atoms with van der Waals surface area (Å²) in [6, 6.07) is 7.51. The Morgan fingerprint density at radius 2 is 1.82 bits per heavy atom. The van der Waals surface area contributed by atoms with E-state index in [1.807, 2.05) is 6.07 Å². The Morgan fingerprint density at radius 3 is 2.41 bits per heavy atom. The van der Waals surface area contributed by atoms with Gasteiger partial charge in [0, 0.05) is 35.7 Å². The summed E-state index contributed by atoms with van der Waals surface area (Å²) in [6.07, 6.45) is 5.62. The van der Waals surface area contributed by atoms with Crippen molar-refractivity contribution in [3.8, 4) is 5.75 Å². The van der Waals surface area contributed by atoms with Crippen LogP contribution < -0.4 is 4.74 Å². The molecule has 1 aromatic carbocycles. The number of rotatable bonds is 8. The summed E-state index contributed by atoms with van der Waals surface area (Å²) in [5.74, 6) is 0.925. The van der Waals surface area contributed by atoms with Gasteiger partial charge in [-0.2, -0.15) is 0 Å². The second kappa shape index (κ2) is 7.68. The number of nitrogens with one attached hydrogen (secondary N) is 1. The average Bonchev–Trinajstić information content (AvgIpc) is 2.96. The monoisotopic (exact) mass is 302 g/mol. The molecule has 122 valence electrons. The molecule has 3 heteroatoms. The van der Waals surface area contributed by atoms with Gasteiger partial charge in [0.05, 0.1) is 7.11 Å². The molecule has 1 aromatic heterocycles. The number of methoxy groups -OCH3 is 1. The van der Waals surface area contributed by atoms with Crippen LogP contribution >= 0.6 is 0 Å². The largest absolute Gasteiger partial charge is 0.497 e. The first-order chi connectivity index (χ1) is 10.6. The fourth-order valence-corrected chi connectivity index (χ4v) is 3.09. The summed E-state index contributed by atoms with van der Waals surface area (Å²) < 4.78 is 5.36. The molecule has 22 heavy (non-hydrogen) atoms. The second-order valence-electron chi connectivity index (χ2n) is 6.23. The van der Waals surface area contributed by atoms with Crippen LogP contribution in [-0.2, 0) is 6.42 Å². The zero-order valence-electron chi connectivity index (χ0n) is 14.6. The highest BCUT2D eigenvalue weighted by Crippen LogP contribution is 2.24. The van der Waals surface area contributed by atoms with Gasteiger partial charge in [-0.05, 0) is 56.9 Å². The summed E-state index contributed by atoms with van der Waals surface area (Å²) in [4.78, 5) is 6.01. The van der Waals surface area contributed by atoms with Gasteiger partial charge in [-0.25, -0.2) is 0 Å². The third-order valence-electron chi connectivity index (χ3n) is 4.93. The molecule has 0 aliphatic heterocycles. The van der Waals surface area contributed by atoms with E-state index in [-0.39, 0.29) is 0 Å². The van der Waals surface area contributed by atoms with Crippen LogP contribution in [-0.4, -0.2) is 35.6 Å². The number of benzene rings is 1. The van der Waals surface area contributed by atoms with Crippen LogP contribution in [0.4, 0.5) is 0 Å². The molecule has 2 rings (SSSR count). The van der Waals surface area contributed by atoms with E-state index >= 15 is 0 Å².